The van der Waals surface area contributed by atoms with Crippen molar-refractivity contribution in [3.8, 4) is 33.6 Å². The molecule has 0 spiro atoms. The number of aromatic amines is 2. The number of carbonyl (C=O) groups is 4. The molecule has 4 N–H and O–H groups in total. The zero-order chi connectivity index (χ0) is 42.2. The van der Waals surface area contributed by atoms with Crippen LogP contribution in [0.25, 0.3) is 33.6 Å². The van der Waals surface area contributed by atoms with Crippen LogP contribution < -0.4 is 10.6 Å². The van der Waals surface area contributed by atoms with Crippen molar-refractivity contribution in [2.75, 3.05) is 27.3 Å². The third kappa shape index (κ3) is 7.76. The van der Waals surface area contributed by atoms with Crippen molar-refractivity contribution < 1.29 is 28.7 Å². The van der Waals surface area contributed by atoms with Crippen LogP contribution in [0.4, 0.5) is 9.59 Å². The van der Waals surface area contributed by atoms with Gasteiger partial charge in [-0.3, -0.25) is 9.59 Å². The number of hydrogen-bond donors (Lipinski definition) is 4. The zero-order valence-electron chi connectivity index (χ0n) is 35.5. The summed E-state index contributed by atoms with van der Waals surface area (Å²) >= 11 is 0. The summed E-state index contributed by atoms with van der Waals surface area (Å²) in [6.45, 7) is 8.88. The van der Waals surface area contributed by atoms with Gasteiger partial charge in [0, 0.05) is 18.7 Å². The van der Waals surface area contributed by atoms with Crippen LogP contribution in [0.3, 0.4) is 0 Å². The van der Waals surface area contributed by atoms with Gasteiger partial charge in [-0.1, -0.05) is 64.1 Å². The van der Waals surface area contributed by atoms with Crippen molar-refractivity contribution in [3.05, 3.63) is 71.6 Å². The monoisotopic (exact) mass is 818 g/mol. The van der Waals surface area contributed by atoms with E-state index in [1.807, 2.05) is 49.9 Å². The number of alkyl carbamates (subject to hydrolysis) is 2. The molecular weight excluding hydrogens is 761 g/mol. The molecular formula is C46H58N8O6. The summed E-state index contributed by atoms with van der Waals surface area (Å²) in [6, 6.07) is 11.4. The summed E-state index contributed by atoms with van der Waals surface area (Å²) in [6.07, 6.45) is 10.6. The Balaban J connectivity index is 1.03. The van der Waals surface area contributed by atoms with Gasteiger partial charge in [0.05, 0.1) is 50.1 Å². The standard InChI is InChI=1S/C46H58N8O6/c1-25(2)39(51-45(57)59-5)43(55)53-21-7-9-35(53)41-47-23-33(49-41)28-13-11-27(12-14-28)31-19-20-32(38-30-17-15-29(16-18-30)37(31)38)34-24-48-42(50-34)36-10-8-22-54(36)44(56)40(26(3)4)52-46(58)60-6/h11-14,19-20,23-26,29-30,35-36,39-40H,7-10,15-18,21-22H2,1-6H3,(H,47,49)(H,48,50)(H,51,57)(H,52,58). The molecule has 1 saturated carbocycles. The van der Waals surface area contributed by atoms with E-state index in [-0.39, 0.29) is 35.7 Å². The van der Waals surface area contributed by atoms with Gasteiger partial charge in [-0.15, -0.1) is 0 Å². The largest absolute Gasteiger partial charge is 0.453 e. The third-order valence-corrected chi connectivity index (χ3v) is 13.3. The van der Waals surface area contributed by atoms with Crippen LogP contribution in [-0.2, 0) is 19.1 Å². The first-order chi connectivity index (χ1) is 29.0. The molecule has 2 aromatic carbocycles. The third-order valence-electron chi connectivity index (χ3n) is 13.3. The van der Waals surface area contributed by atoms with Crippen LogP contribution in [0.2, 0.25) is 0 Å². The first kappa shape index (κ1) is 41.1. The zero-order valence-corrected chi connectivity index (χ0v) is 35.5. The molecule has 4 heterocycles. The summed E-state index contributed by atoms with van der Waals surface area (Å²) in [5.41, 5.74) is 9.37. The highest BCUT2D eigenvalue weighted by Gasteiger charge is 2.40. The van der Waals surface area contributed by atoms with Crippen molar-refractivity contribution in [3.63, 3.8) is 0 Å². The molecule has 4 unspecified atom stereocenters. The number of imidazole rings is 2. The number of nitrogens with one attached hydrogen (secondary N) is 4. The number of carbonyl (C=O) groups excluding carboxylic acids is 4. The number of H-pyrrole nitrogens is 2. The van der Waals surface area contributed by atoms with Gasteiger partial charge >= 0.3 is 12.2 Å². The summed E-state index contributed by atoms with van der Waals surface area (Å²) in [5.74, 6) is 2.03. The van der Waals surface area contributed by atoms with E-state index in [0.29, 0.717) is 24.9 Å². The van der Waals surface area contributed by atoms with Crippen molar-refractivity contribution in [2.45, 2.75) is 115 Å². The highest BCUT2D eigenvalue weighted by atomic mass is 16.5. The SMILES string of the molecule is COC(=O)NC(C(=O)N1CCCC1c1ncc(-c2ccc(-c3ccc(-c4cnc(C5CCCN5C(=O)C(NC(=O)OC)C(C)C)[nH]4)c4c3C3CCC4CC3)cc2)[nH]1)C(C)C. The molecule has 3 fully saturated rings. The van der Waals surface area contributed by atoms with Gasteiger partial charge in [-0.2, -0.15) is 0 Å². The lowest BCUT2D eigenvalue weighted by molar-refractivity contribution is -0.136. The van der Waals surface area contributed by atoms with E-state index in [1.165, 1.54) is 67.7 Å². The van der Waals surface area contributed by atoms with Crippen LogP contribution in [0, 0.1) is 11.8 Å². The molecule has 3 aliphatic carbocycles. The number of methoxy groups -OCH3 is 2. The van der Waals surface area contributed by atoms with Crippen molar-refractivity contribution in [1.29, 1.82) is 0 Å². The predicted octanol–water partition coefficient (Wildman–Crippen LogP) is 7.98. The van der Waals surface area contributed by atoms with Gasteiger partial charge in [0.15, 0.2) is 0 Å². The number of hydrogen-bond acceptors (Lipinski definition) is 8. The number of fused-ring (bicyclic) bond motifs is 2. The minimum absolute atomic E-state index is 0.102. The lowest BCUT2D eigenvalue weighted by atomic mass is 9.64. The topological polar surface area (TPSA) is 175 Å². The second kappa shape index (κ2) is 17.1. The van der Waals surface area contributed by atoms with Gasteiger partial charge in [0.1, 0.15) is 23.7 Å². The van der Waals surface area contributed by atoms with Crippen molar-refractivity contribution >= 4 is 24.0 Å². The first-order valence-corrected chi connectivity index (χ1v) is 21.6. The van der Waals surface area contributed by atoms with Crippen molar-refractivity contribution in [2.24, 2.45) is 11.8 Å². The fourth-order valence-corrected chi connectivity index (χ4v) is 10.2. The predicted molar refractivity (Wildman–Crippen MR) is 227 cm³/mol. The van der Waals surface area contributed by atoms with E-state index in [1.54, 1.807) is 0 Å². The number of benzene rings is 2. The summed E-state index contributed by atoms with van der Waals surface area (Å²) < 4.78 is 9.61. The number of ether oxygens (including phenoxy) is 2. The van der Waals surface area contributed by atoms with Gasteiger partial charge in [-0.25, -0.2) is 19.6 Å². The van der Waals surface area contributed by atoms with Crippen molar-refractivity contribution in [1.82, 2.24) is 40.4 Å². The molecule has 2 aliphatic heterocycles. The maximum Gasteiger partial charge on any atom is 0.407 e. The van der Waals surface area contributed by atoms with Gasteiger partial charge < -0.3 is 39.9 Å². The quantitative estimate of drug-likeness (QED) is 0.118. The second-order valence-electron chi connectivity index (χ2n) is 17.6. The van der Waals surface area contributed by atoms with E-state index in [0.717, 1.165) is 54.3 Å². The Morgan fingerprint density at radius 1 is 0.617 bits per heavy atom. The van der Waals surface area contributed by atoms with E-state index >= 15 is 0 Å². The number of rotatable bonds is 11. The van der Waals surface area contributed by atoms with E-state index in [2.05, 4.69) is 57.0 Å². The molecule has 2 bridgehead atoms. The second-order valence-corrected chi connectivity index (χ2v) is 17.6. The molecule has 318 valence electrons. The van der Waals surface area contributed by atoms with Crippen LogP contribution in [-0.4, -0.2) is 93.1 Å². The maximum absolute atomic E-state index is 13.8. The van der Waals surface area contributed by atoms with E-state index < -0.39 is 24.3 Å². The Labute approximate surface area is 351 Å². The molecule has 0 radical (unpaired) electrons. The molecule has 5 aliphatic rings. The first-order valence-electron chi connectivity index (χ1n) is 21.6. The molecule has 9 rings (SSSR count). The molecule has 60 heavy (non-hydrogen) atoms. The minimum Gasteiger partial charge on any atom is -0.453 e. The molecule has 14 heteroatoms. The average molecular weight is 819 g/mol. The number of amides is 4. The lowest BCUT2D eigenvalue weighted by Gasteiger charge is -2.41. The Kier molecular flexibility index (Phi) is 11.7. The van der Waals surface area contributed by atoms with E-state index in [9.17, 15) is 19.2 Å². The maximum atomic E-state index is 13.8. The Morgan fingerprint density at radius 3 is 1.53 bits per heavy atom. The molecule has 4 atom stereocenters. The lowest BCUT2D eigenvalue weighted by Crippen LogP contribution is -2.51. The highest BCUT2D eigenvalue weighted by Crippen LogP contribution is 2.55. The molecule has 2 saturated heterocycles. The van der Waals surface area contributed by atoms with Crippen LogP contribution >= 0.6 is 0 Å². The molecule has 2 aromatic heterocycles. The fraction of sp³-hybridized carbons (Fsp3) is 0.522. The van der Waals surface area contributed by atoms with Gasteiger partial charge in [0.25, 0.3) is 0 Å². The van der Waals surface area contributed by atoms with Crippen LogP contribution in [0.1, 0.15) is 126 Å². The van der Waals surface area contributed by atoms with E-state index in [4.69, 9.17) is 19.4 Å². The summed E-state index contributed by atoms with van der Waals surface area (Å²) in [7, 11) is 2.61. The average Bonchev–Trinajstić information content (AvgIpc) is 4.11. The summed E-state index contributed by atoms with van der Waals surface area (Å²) in [5, 5.41) is 5.46. The number of aromatic nitrogens is 4. The van der Waals surface area contributed by atoms with Gasteiger partial charge in [0.2, 0.25) is 11.8 Å². The summed E-state index contributed by atoms with van der Waals surface area (Å²) in [4.78, 5) is 72.1. The molecule has 4 amide bonds. The normalized spacial score (nSPS) is 21.9. The highest BCUT2D eigenvalue weighted by molar-refractivity contribution is 5.87. The number of nitrogens with zero attached hydrogens (tertiary/aromatic N) is 4. The molecule has 4 aromatic rings. The minimum atomic E-state index is -0.686. The Morgan fingerprint density at radius 2 is 1.05 bits per heavy atom. The van der Waals surface area contributed by atoms with Crippen LogP contribution in [0.15, 0.2) is 48.8 Å². The Bertz CT molecular complexity index is 2220. The Hall–Kier alpha value is -5.66. The molecule has 14 nitrogen and oxygen atoms in total. The van der Waals surface area contributed by atoms with Gasteiger partial charge in [-0.05, 0) is 103 Å². The number of likely N-dealkylation sites (tertiary alicyclic amines) is 2. The van der Waals surface area contributed by atoms with Crippen LogP contribution in [0.5, 0.6) is 0 Å². The smallest absolute Gasteiger partial charge is 0.407 e. The fourth-order valence-electron chi connectivity index (χ4n) is 10.2.